The second-order valence-electron chi connectivity index (χ2n) is 7.91. The largest absolute Gasteiger partial charge is 0.493 e. The van der Waals surface area contributed by atoms with E-state index in [9.17, 15) is 9.65 Å². The lowest BCUT2D eigenvalue weighted by Gasteiger charge is -2.27. The third-order valence-corrected chi connectivity index (χ3v) is 5.90. The third kappa shape index (κ3) is 3.18. The molecule has 0 radical (unpaired) electrons. The van der Waals surface area contributed by atoms with Crippen LogP contribution in [-0.4, -0.2) is 29.2 Å². The summed E-state index contributed by atoms with van der Waals surface area (Å²) in [6.45, 7) is 3.36. The van der Waals surface area contributed by atoms with Gasteiger partial charge in [0.25, 0.3) is 0 Å². The summed E-state index contributed by atoms with van der Waals surface area (Å²) in [6, 6.07) is 10.9. The Balaban J connectivity index is 1.71. The van der Waals surface area contributed by atoms with Crippen molar-refractivity contribution in [1.82, 2.24) is 9.97 Å². The van der Waals surface area contributed by atoms with Crippen LogP contribution in [0.2, 0.25) is 0 Å². The fraction of sp³-hybridized carbons (Fsp3) is 0.348. The lowest BCUT2D eigenvalue weighted by molar-refractivity contribution is 0.299. The summed E-state index contributed by atoms with van der Waals surface area (Å²) >= 11 is 0. The molecule has 30 heavy (non-hydrogen) atoms. The summed E-state index contributed by atoms with van der Waals surface area (Å²) < 4.78 is 20.2. The van der Waals surface area contributed by atoms with Crippen LogP contribution in [0.15, 0.2) is 36.5 Å². The van der Waals surface area contributed by atoms with Gasteiger partial charge >= 0.3 is 0 Å². The Hall–Kier alpha value is -3.40. The first kappa shape index (κ1) is 18.6. The fourth-order valence-corrected chi connectivity index (χ4v) is 4.39. The van der Waals surface area contributed by atoms with Gasteiger partial charge in [0, 0.05) is 30.8 Å². The SMILES string of the molecule is CC1CCOc2ccc(F)cc2[C@H]2CCCN2c2ccc3ncc(C#N)c(c3n2)N1. The monoisotopic (exact) mass is 403 g/mol. The molecule has 1 saturated heterocycles. The van der Waals surface area contributed by atoms with Crippen molar-refractivity contribution < 1.29 is 9.13 Å². The Morgan fingerprint density at radius 2 is 2.17 bits per heavy atom. The van der Waals surface area contributed by atoms with Crippen molar-refractivity contribution in [2.75, 3.05) is 23.4 Å². The predicted octanol–water partition coefficient (Wildman–Crippen LogP) is 4.56. The molecule has 3 aromatic rings. The maximum absolute atomic E-state index is 14.1. The van der Waals surface area contributed by atoms with Gasteiger partial charge in [-0.3, -0.25) is 4.98 Å². The molecule has 1 fully saturated rings. The molecule has 2 aliphatic heterocycles. The van der Waals surface area contributed by atoms with Gasteiger partial charge in [0.05, 0.1) is 29.4 Å². The van der Waals surface area contributed by atoms with Crippen molar-refractivity contribution in [3.8, 4) is 11.8 Å². The molecule has 2 aromatic heterocycles. The number of hydrogen-bond donors (Lipinski definition) is 1. The number of nitrogens with one attached hydrogen (secondary N) is 1. The number of rotatable bonds is 0. The molecule has 0 amide bonds. The molecule has 2 atom stereocenters. The van der Waals surface area contributed by atoms with E-state index >= 15 is 0 Å². The van der Waals surface area contributed by atoms with Crippen molar-refractivity contribution in [2.45, 2.75) is 38.3 Å². The van der Waals surface area contributed by atoms with Crippen LogP contribution in [-0.2, 0) is 0 Å². The normalized spacial score (nSPS) is 20.8. The zero-order chi connectivity index (χ0) is 20.7. The van der Waals surface area contributed by atoms with E-state index in [-0.39, 0.29) is 17.9 Å². The number of benzene rings is 1. The second kappa shape index (κ2) is 7.45. The van der Waals surface area contributed by atoms with Crippen LogP contribution in [0.25, 0.3) is 11.0 Å². The van der Waals surface area contributed by atoms with Gasteiger partial charge < -0.3 is 15.0 Å². The number of aromatic nitrogens is 2. The molecule has 2 bridgehead atoms. The van der Waals surface area contributed by atoms with Crippen molar-refractivity contribution in [3.05, 3.63) is 53.5 Å². The smallest absolute Gasteiger partial charge is 0.129 e. The molecule has 0 aliphatic carbocycles. The molecular formula is C23H22FN5O. The average Bonchev–Trinajstić information content (AvgIpc) is 3.24. The standard InChI is InChI=1S/C23H22FN5O/c1-14-8-10-30-20-6-4-16(24)11-17(20)19-3-2-9-29(19)21-7-5-18-23(28-21)22(27-14)15(12-25)13-26-18/h4-7,11,13-14,19,27H,2-3,8-10H2,1H3/t14?,19-/m1/s1. The van der Waals surface area contributed by atoms with E-state index in [4.69, 9.17) is 9.72 Å². The Morgan fingerprint density at radius 1 is 1.27 bits per heavy atom. The minimum atomic E-state index is -0.264. The second-order valence-corrected chi connectivity index (χ2v) is 7.91. The number of ether oxygens (including phenoxy) is 1. The first-order valence-electron chi connectivity index (χ1n) is 10.3. The van der Waals surface area contributed by atoms with Gasteiger partial charge in [0.15, 0.2) is 0 Å². The minimum Gasteiger partial charge on any atom is -0.493 e. The number of hydrogen-bond acceptors (Lipinski definition) is 6. The lowest BCUT2D eigenvalue weighted by atomic mass is 10.0. The highest BCUT2D eigenvalue weighted by molar-refractivity contribution is 5.91. The van der Waals surface area contributed by atoms with E-state index in [1.807, 2.05) is 19.1 Å². The fourth-order valence-electron chi connectivity index (χ4n) is 4.39. The van der Waals surface area contributed by atoms with Crippen molar-refractivity contribution in [2.24, 2.45) is 0 Å². The molecule has 6 nitrogen and oxygen atoms in total. The molecule has 1 N–H and O–H groups in total. The predicted molar refractivity (Wildman–Crippen MR) is 113 cm³/mol. The van der Waals surface area contributed by atoms with Crippen LogP contribution in [0.4, 0.5) is 15.9 Å². The number of halogens is 1. The summed E-state index contributed by atoms with van der Waals surface area (Å²) in [5.74, 6) is 1.25. The Morgan fingerprint density at radius 3 is 3.03 bits per heavy atom. The van der Waals surface area contributed by atoms with Gasteiger partial charge in [-0.05, 0) is 50.1 Å². The number of nitrogens with zero attached hydrogens (tertiary/aromatic N) is 4. The van der Waals surface area contributed by atoms with Gasteiger partial charge in [-0.25, -0.2) is 9.37 Å². The molecule has 4 heterocycles. The summed E-state index contributed by atoms with van der Waals surface area (Å²) in [4.78, 5) is 11.5. The topological polar surface area (TPSA) is 74.1 Å². The third-order valence-electron chi connectivity index (χ3n) is 5.90. The van der Waals surface area contributed by atoms with E-state index in [0.29, 0.717) is 23.4 Å². The Bertz CT molecular complexity index is 1160. The Kier molecular flexibility index (Phi) is 4.62. The first-order valence-corrected chi connectivity index (χ1v) is 10.3. The number of anilines is 2. The quantitative estimate of drug-likeness (QED) is 0.593. The van der Waals surface area contributed by atoms with Gasteiger partial charge in [-0.1, -0.05) is 0 Å². The van der Waals surface area contributed by atoms with Gasteiger partial charge in [-0.15, -0.1) is 0 Å². The summed E-state index contributed by atoms with van der Waals surface area (Å²) in [5.41, 5.74) is 3.45. The van der Waals surface area contributed by atoms with Crippen LogP contribution in [0.5, 0.6) is 5.75 Å². The van der Waals surface area contributed by atoms with Crippen molar-refractivity contribution >= 4 is 22.5 Å². The molecule has 5 rings (SSSR count). The van der Waals surface area contributed by atoms with Crippen molar-refractivity contribution in [3.63, 3.8) is 0 Å². The van der Waals surface area contributed by atoms with E-state index in [0.717, 1.165) is 48.5 Å². The van der Waals surface area contributed by atoms with Crippen LogP contribution in [0.1, 0.15) is 43.4 Å². The summed E-state index contributed by atoms with van der Waals surface area (Å²) in [5, 5.41) is 13.1. The van der Waals surface area contributed by atoms with E-state index in [1.165, 1.54) is 6.07 Å². The highest BCUT2D eigenvalue weighted by Gasteiger charge is 2.30. The minimum absolute atomic E-state index is 0.0117. The van der Waals surface area contributed by atoms with Crippen LogP contribution >= 0.6 is 0 Å². The average molecular weight is 403 g/mol. The molecule has 7 heteroatoms. The van der Waals surface area contributed by atoms with Crippen LogP contribution in [0.3, 0.4) is 0 Å². The first-order chi connectivity index (χ1) is 14.6. The van der Waals surface area contributed by atoms with Crippen molar-refractivity contribution in [1.29, 1.82) is 5.26 Å². The van der Waals surface area contributed by atoms with E-state index in [2.05, 4.69) is 21.3 Å². The van der Waals surface area contributed by atoms with Crippen LogP contribution < -0.4 is 15.0 Å². The number of pyridine rings is 2. The number of fused-ring (bicyclic) bond motifs is 5. The van der Waals surface area contributed by atoms with Gasteiger partial charge in [0.2, 0.25) is 0 Å². The van der Waals surface area contributed by atoms with E-state index in [1.54, 1.807) is 18.3 Å². The number of nitriles is 1. The Labute approximate surface area is 174 Å². The summed E-state index contributed by atoms with van der Waals surface area (Å²) in [6.07, 6.45) is 4.20. The zero-order valence-electron chi connectivity index (χ0n) is 16.7. The molecule has 0 spiro atoms. The molecule has 1 aromatic carbocycles. The van der Waals surface area contributed by atoms with Gasteiger partial charge in [0.1, 0.15) is 29.0 Å². The van der Waals surface area contributed by atoms with E-state index < -0.39 is 0 Å². The van der Waals surface area contributed by atoms with Gasteiger partial charge in [-0.2, -0.15) is 5.26 Å². The lowest BCUT2D eigenvalue weighted by Crippen LogP contribution is -2.24. The maximum Gasteiger partial charge on any atom is 0.129 e. The highest BCUT2D eigenvalue weighted by Crippen LogP contribution is 2.40. The maximum atomic E-state index is 14.1. The highest BCUT2D eigenvalue weighted by atomic mass is 19.1. The molecule has 2 aliphatic rings. The molecular weight excluding hydrogens is 381 g/mol. The molecule has 152 valence electrons. The van der Waals surface area contributed by atoms with Crippen LogP contribution in [0, 0.1) is 17.1 Å². The summed E-state index contributed by atoms with van der Waals surface area (Å²) in [7, 11) is 0. The molecule has 1 unspecified atom stereocenters. The zero-order valence-corrected chi connectivity index (χ0v) is 16.7. The molecule has 0 saturated carbocycles.